The Morgan fingerprint density at radius 2 is 2.00 bits per heavy atom. The average molecular weight is 304 g/mol. The van der Waals surface area contributed by atoms with Crippen LogP contribution in [-0.4, -0.2) is 42.6 Å². The molecule has 22 heavy (non-hydrogen) atoms. The predicted molar refractivity (Wildman–Crippen MR) is 88.7 cm³/mol. The van der Waals surface area contributed by atoms with Gasteiger partial charge in [0.15, 0.2) is 0 Å². The molecule has 1 aromatic carbocycles. The topological polar surface area (TPSA) is 41.6 Å². The molecule has 1 aliphatic rings. The summed E-state index contributed by atoms with van der Waals surface area (Å²) in [5.74, 6) is 0.0740. The van der Waals surface area contributed by atoms with Gasteiger partial charge in [-0.15, -0.1) is 0 Å². The Hall–Kier alpha value is -1.39. The van der Waals surface area contributed by atoms with Crippen molar-refractivity contribution in [3.63, 3.8) is 0 Å². The fraction of sp³-hybridized carbons (Fsp3) is 0.611. The van der Waals surface area contributed by atoms with Gasteiger partial charge in [-0.3, -0.25) is 9.69 Å². The van der Waals surface area contributed by atoms with Crippen LogP contribution in [0.2, 0.25) is 0 Å². The summed E-state index contributed by atoms with van der Waals surface area (Å²) in [6, 6.07) is 8.98. The summed E-state index contributed by atoms with van der Waals surface area (Å²) in [4.78, 5) is 14.2. The van der Waals surface area contributed by atoms with Crippen LogP contribution in [0.15, 0.2) is 24.3 Å². The maximum absolute atomic E-state index is 11.8. The Kier molecular flexibility index (Phi) is 6.40. The van der Waals surface area contributed by atoms with E-state index in [-0.39, 0.29) is 12.0 Å². The minimum atomic E-state index is 0.0740. The van der Waals surface area contributed by atoms with Crippen molar-refractivity contribution in [2.45, 2.75) is 52.3 Å². The summed E-state index contributed by atoms with van der Waals surface area (Å²) in [6.07, 6.45) is 1.71. The third kappa shape index (κ3) is 5.11. The molecule has 1 N–H and O–H groups in total. The Balaban J connectivity index is 1.72. The quantitative estimate of drug-likeness (QED) is 0.841. The zero-order valence-corrected chi connectivity index (χ0v) is 14.0. The predicted octanol–water partition coefficient (Wildman–Crippen LogP) is 2.36. The molecular weight excluding hydrogens is 276 g/mol. The molecule has 1 atom stereocenters. The van der Waals surface area contributed by atoms with Gasteiger partial charge < -0.3 is 10.1 Å². The van der Waals surface area contributed by atoms with E-state index in [0.717, 1.165) is 19.5 Å². The van der Waals surface area contributed by atoms with Crippen LogP contribution in [0, 0.1) is 0 Å². The lowest BCUT2D eigenvalue weighted by molar-refractivity contribution is -0.122. The number of carbonyl (C=O) groups is 1. The van der Waals surface area contributed by atoms with Gasteiger partial charge in [-0.2, -0.15) is 0 Å². The number of carbonyl (C=O) groups excluding carboxylic acids is 1. The molecule has 4 heteroatoms. The third-order valence-corrected chi connectivity index (χ3v) is 4.16. The van der Waals surface area contributed by atoms with Crippen LogP contribution in [0.25, 0.3) is 0 Å². The van der Waals surface area contributed by atoms with Crippen LogP contribution < -0.4 is 5.32 Å². The molecule has 0 bridgehead atoms. The van der Waals surface area contributed by atoms with Gasteiger partial charge in [0.1, 0.15) is 0 Å². The Morgan fingerprint density at radius 1 is 1.27 bits per heavy atom. The highest BCUT2D eigenvalue weighted by Crippen LogP contribution is 2.19. The van der Waals surface area contributed by atoms with Gasteiger partial charge in [-0.25, -0.2) is 0 Å². The van der Waals surface area contributed by atoms with Gasteiger partial charge in [-0.05, 0) is 38.3 Å². The molecule has 4 nitrogen and oxygen atoms in total. The molecule has 0 saturated heterocycles. The van der Waals surface area contributed by atoms with Crippen molar-refractivity contribution in [3.8, 4) is 0 Å². The monoisotopic (exact) mass is 304 g/mol. The summed E-state index contributed by atoms with van der Waals surface area (Å²) < 4.78 is 5.40. The van der Waals surface area contributed by atoms with E-state index in [4.69, 9.17) is 4.74 Å². The van der Waals surface area contributed by atoms with Crippen molar-refractivity contribution in [2.24, 2.45) is 0 Å². The smallest absolute Gasteiger partial charge is 0.222 e. The summed E-state index contributed by atoms with van der Waals surface area (Å²) in [6.45, 7) is 9.37. The van der Waals surface area contributed by atoms with Crippen LogP contribution in [0.4, 0.5) is 0 Å². The lowest BCUT2D eigenvalue weighted by atomic mass is 9.99. The van der Waals surface area contributed by atoms with E-state index >= 15 is 0 Å². The number of ether oxygens (including phenoxy) is 1. The van der Waals surface area contributed by atoms with Crippen molar-refractivity contribution < 1.29 is 9.53 Å². The molecular formula is C18H28N2O2. The Bertz CT molecular complexity index is 488. The fourth-order valence-corrected chi connectivity index (χ4v) is 2.76. The van der Waals surface area contributed by atoms with Gasteiger partial charge >= 0.3 is 0 Å². The van der Waals surface area contributed by atoms with E-state index in [1.165, 1.54) is 11.1 Å². The first-order valence-corrected chi connectivity index (χ1v) is 8.25. The molecule has 0 aromatic heterocycles. The van der Waals surface area contributed by atoms with Gasteiger partial charge in [0, 0.05) is 32.1 Å². The molecule has 1 aromatic rings. The lowest BCUT2D eigenvalue weighted by Gasteiger charge is -2.33. The number of hydrogen-bond donors (Lipinski definition) is 1. The van der Waals surface area contributed by atoms with Crippen molar-refractivity contribution in [2.75, 3.05) is 19.7 Å². The van der Waals surface area contributed by atoms with E-state index < -0.39 is 0 Å². The molecule has 0 spiro atoms. The normalized spacial score (nSPS) is 16.4. The first kappa shape index (κ1) is 17.0. The van der Waals surface area contributed by atoms with Crippen LogP contribution in [-0.2, 0) is 22.5 Å². The first-order valence-electron chi connectivity index (χ1n) is 8.25. The molecule has 1 aliphatic heterocycles. The van der Waals surface area contributed by atoms with Crippen molar-refractivity contribution >= 4 is 5.91 Å². The number of benzene rings is 1. The Morgan fingerprint density at radius 3 is 2.73 bits per heavy atom. The zero-order chi connectivity index (χ0) is 15.9. The third-order valence-electron chi connectivity index (χ3n) is 4.16. The van der Waals surface area contributed by atoms with Gasteiger partial charge in [0.2, 0.25) is 5.91 Å². The highest BCUT2D eigenvalue weighted by atomic mass is 16.5. The highest BCUT2D eigenvalue weighted by molar-refractivity contribution is 5.75. The molecule has 2 rings (SSSR count). The van der Waals surface area contributed by atoms with Gasteiger partial charge in [-0.1, -0.05) is 24.3 Å². The number of nitrogens with one attached hydrogen (secondary N) is 1. The minimum Gasteiger partial charge on any atom is -0.378 e. The van der Waals surface area contributed by atoms with Crippen LogP contribution in [0.5, 0.6) is 0 Å². The second-order valence-corrected chi connectivity index (χ2v) is 6.31. The van der Waals surface area contributed by atoms with E-state index in [1.807, 2.05) is 13.8 Å². The Labute approximate surface area is 133 Å². The van der Waals surface area contributed by atoms with E-state index in [0.29, 0.717) is 25.6 Å². The number of fused-ring (bicyclic) bond motifs is 1. The maximum Gasteiger partial charge on any atom is 0.222 e. The molecule has 1 amide bonds. The van der Waals surface area contributed by atoms with Crippen molar-refractivity contribution in [1.82, 2.24) is 10.2 Å². The molecule has 0 aliphatic carbocycles. The largest absolute Gasteiger partial charge is 0.378 e. The SMILES string of the molecule is CC(C)OCCC(=O)NCC(C)N1CCc2ccccc2C1. The van der Waals surface area contributed by atoms with E-state index in [9.17, 15) is 4.79 Å². The maximum atomic E-state index is 11.8. The van der Waals surface area contributed by atoms with E-state index in [1.54, 1.807) is 0 Å². The molecule has 0 fully saturated rings. The number of hydrogen-bond acceptors (Lipinski definition) is 3. The van der Waals surface area contributed by atoms with E-state index in [2.05, 4.69) is 41.4 Å². The lowest BCUT2D eigenvalue weighted by Crippen LogP contribution is -2.44. The molecule has 0 radical (unpaired) electrons. The summed E-state index contributed by atoms with van der Waals surface area (Å²) in [7, 11) is 0. The molecule has 1 unspecified atom stereocenters. The van der Waals surface area contributed by atoms with Crippen molar-refractivity contribution in [3.05, 3.63) is 35.4 Å². The molecule has 122 valence electrons. The second-order valence-electron chi connectivity index (χ2n) is 6.31. The first-order chi connectivity index (χ1) is 10.6. The number of nitrogens with zero attached hydrogens (tertiary/aromatic N) is 1. The van der Waals surface area contributed by atoms with Crippen molar-refractivity contribution in [1.29, 1.82) is 0 Å². The number of amides is 1. The summed E-state index contributed by atoms with van der Waals surface area (Å²) in [5.41, 5.74) is 2.87. The van der Waals surface area contributed by atoms with Crippen LogP contribution >= 0.6 is 0 Å². The van der Waals surface area contributed by atoms with Gasteiger partial charge in [0.05, 0.1) is 12.7 Å². The molecule has 1 heterocycles. The minimum absolute atomic E-state index is 0.0740. The fourth-order valence-electron chi connectivity index (χ4n) is 2.76. The standard InChI is InChI=1S/C18H28N2O2/c1-14(2)22-11-9-18(21)19-12-15(3)20-10-8-16-6-4-5-7-17(16)13-20/h4-7,14-15H,8-13H2,1-3H3,(H,19,21). The summed E-state index contributed by atoms with van der Waals surface area (Å²) in [5, 5.41) is 3.02. The summed E-state index contributed by atoms with van der Waals surface area (Å²) >= 11 is 0. The zero-order valence-electron chi connectivity index (χ0n) is 14.0. The van der Waals surface area contributed by atoms with Crippen LogP contribution in [0.3, 0.4) is 0 Å². The number of rotatable bonds is 7. The molecule has 0 saturated carbocycles. The highest BCUT2D eigenvalue weighted by Gasteiger charge is 2.20. The average Bonchev–Trinajstić information content (AvgIpc) is 2.51. The van der Waals surface area contributed by atoms with Gasteiger partial charge in [0.25, 0.3) is 0 Å². The van der Waals surface area contributed by atoms with Crippen LogP contribution in [0.1, 0.15) is 38.3 Å². The second kappa shape index (κ2) is 8.30.